The van der Waals surface area contributed by atoms with Gasteiger partial charge in [0.05, 0.1) is 11.1 Å². The van der Waals surface area contributed by atoms with Crippen molar-refractivity contribution in [2.24, 2.45) is 5.92 Å². The number of hydrogen-bond donors (Lipinski definition) is 0. The second-order valence-electron chi connectivity index (χ2n) is 5.75. The van der Waals surface area contributed by atoms with Crippen molar-refractivity contribution in [3.05, 3.63) is 40.5 Å². The summed E-state index contributed by atoms with van der Waals surface area (Å²) in [5.74, 6) is -0.735. The van der Waals surface area contributed by atoms with E-state index in [0.717, 1.165) is 18.2 Å². The Bertz CT molecular complexity index is 547. The monoisotopic (exact) mass is 324 g/mol. The summed E-state index contributed by atoms with van der Waals surface area (Å²) < 4.78 is 79.6. The van der Waals surface area contributed by atoms with Gasteiger partial charge < -0.3 is 0 Å². The van der Waals surface area contributed by atoms with Crippen LogP contribution in [-0.2, 0) is 12.4 Å². The van der Waals surface area contributed by atoms with Gasteiger partial charge in [0.1, 0.15) is 0 Å². The van der Waals surface area contributed by atoms with Gasteiger partial charge in [-0.3, -0.25) is 0 Å². The molecule has 0 heterocycles. The first kappa shape index (κ1) is 18.6. The maximum absolute atomic E-state index is 13.3. The highest BCUT2D eigenvalue weighted by molar-refractivity contribution is 5.60. The molecule has 0 bridgehead atoms. The number of allylic oxidation sites excluding steroid dienone is 1. The van der Waals surface area contributed by atoms with E-state index in [1.165, 1.54) is 19.9 Å². The number of alkyl halides is 6. The fraction of sp³-hybridized carbons (Fsp3) is 0.500. The summed E-state index contributed by atoms with van der Waals surface area (Å²) in [5, 5.41) is 0. The summed E-state index contributed by atoms with van der Waals surface area (Å²) in [6.07, 6.45) is -7.59. The molecule has 0 nitrogen and oxygen atoms in total. The summed E-state index contributed by atoms with van der Waals surface area (Å²) in [7, 11) is 0. The maximum Gasteiger partial charge on any atom is 0.417 e. The van der Waals surface area contributed by atoms with Gasteiger partial charge in [-0.15, -0.1) is 0 Å². The van der Waals surface area contributed by atoms with Crippen molar-refractivity contribution in [2.45, 2.75) is 46.0 Å². The Morgan fingerprint density at radius 2 is 1.32 bits per heavy atom. The van der Waals surface area contributed by atoms with Gasteiger partial charge in [0, 0.05) is 0 Å². The van der Waals surface area contributed by atoms with E-state index in [-0.39, 0.29) is 11.5 Å². The number of halogens is 6. The highest BCUT2D eigenvalue weighted by Gasteiger charge is 2.46. The third-order valence-corrected chi connectivity index (χ3v) is 3.12. The fourth-order valence-corrected chi connectivity index (χ4v) is 2.16. The molecule has 22 heavy (non-hydrogen) atoms. The average Bonchev–Trinajstić information content (AvgIpc) is 2.32. The van der Waals surface area contributed by atoms with Crippen LogP contribution in [0.15, 0.2) is 18.2 Å². The van der Waals surface area contributed by atoms with Gasteiger partial charge in [-0.25, -0.2) is 0 Å². The van der Waals surface area contributed by atoms with Crippen molar-refractivity contribution in [3.63, 3.8) is 0 Å². The van der Waals surface area contributed by atoms with E-state index < -0.39 is 35.0 Å². The van der Waals surface area contributed by atoms with Crippen molar-refractivity contribution < 1.29 is 26.3 Å². The molecule has 1 rings (SSSR count). The molecule has 0 unspecified atom stereocenters. The van der Waals surface area contributed by atoms with Crippen LogP contribution < -0.4 is 0 Å². The molecule has 6 heteroatoms. The minimum absolute atomic E-state index is 0.0693. The second kappa shape index (κ2) is 6.34. The maximum atomic E-state index is 13.3. The molecule has 1 aromatic rings. The summed E-state index contributed by atoms with van der Waals surface area (Å²) in [6, 6.07) is 2.23. The first-order valence-electron chi connectivity index (χ1n) is 6.85. The van der Waals surface area contributed by atoms with Crippen LogP contribution >= 0.6 is 0 Å². The molecule has 0 amide bonds. The van der Waals surface area contributed by atoms with Gasteiger partial charge in [0.25, 0.3) is 0 Å². The number of benzene rings is 1. The van der Waals surface area contributed by atoms with Crippen LogP contribution in [0.5, 0.6) is 0 Å². The number of rotatable bonds is 3. The van der Waals surface area contributed by atoms with Gasteiger partial charge in [-0.2, -0.15) is 26.3 Å². The Morgan fingerprint density at radius 3 is 1.68 bits per heavy atom. The van der Waals surface area contributed by atoms with Crippen LogP contribution in [-0.4, -0.2) is 0 Å². The SMILES string of the molecule is CC(C)/C=C/c1ccc(C(C)C)c(C(F)(F)F)c1C(F)(F)F. The molecule has 0 saturated carbocycles. The molecule has 0 aromatic heterocycles. The lowest BCUT2D eigenvalue weighted by Crippen LogP contribution is -2.21. The second-order valence-corrected chi connectivity index (χ2v) is 5.75. The van der Waals surface area contributed by atoms with Crippen molar-refractivity contribution in [1.82, 2.24) is 0 Å². The van der Waals surface area contributed by atoms with Crippen LogP contribution in [0.1, 0.15) is 55.9 Å². The van der Waals surface area contributed by atoms with Gasteiger partial charge >= 0.3 is 12.4 Å². The quantitative estimate of drug-likeness (QED) is 0.555. The summed E-state index contributed by atoms with van der Waals surface area (Å²) in [4.78, 5) is 0. The predicted molar refractivity (Wildman–Crippen MR) is 74.4 cm³/mol. The van der Waals surface area contributed by atoms with Gasteiger partial charge in [-0.1, -0.05) is 52.0 Å². The van der Waals surface area contributed by atoms with Gasteiger partial charge in [0.15, 0.2) is 0 Å². The predicted octanol–water partition coefficient (Wildman–Crippen LogP) is 6.52. The summed E-state index contributed by atoms with van der Waals surface area (Å²) in [6.45, 7) is 6.34. The minimum Gasteiger partial charge on any atom is -0.166 e. The van der Waals surface area contributed by atoms with E-state index >= 15 is 0 Å². The molecular weight excluding hydrogens is 306 g/mol. The Labute approximate surface area is 125 Å². The highest BCUT2D eigenvalue weighted by atomic mass is 19.4. The zero-order valence-corrected chi connectivity index (χ0v) is 12.7. The molecule has 0 saturated heterocycles. The van der Waals surface area contributed by atoms with Crippen molar-refractivity contribution in [1.29, 1.82) is 0 Å². The lowest BCUT2D eigenvalue weighted by molar-refractivity contribution is -0.162. The smallest absolute Gasteiger partial charge is 0.166 e. The first-order chi connectivity index (χ1) is 9.85. The van der Waals surface area contributed by atoms with Crippen molar-refractivity contribution in [2.75, 3.05) is 0 Å². The molecule has 124 valence electrons. The van der Waals surface area contributed by atoms with Gasteiger partial charge in [-0.05, 0) is 23.0 Å². The zero-order valence-electron chi connectivity index (χ0n) is 12.7. The van der Waals surface area contributed by atoms with E-state index in [4.69, 9.17) is 0 Å². The Balaban J connectivity index is 3.77. The van der Waals surface area contributed by atoms with Crippen LogP contribution in [0, 0.1) is 5.92 Å². The molecule has 0 radical (unpaired) electrons. The Hall–Kier alpha value is -1.46. The molecule has 0 spiro atoms. The van der Waals surface area contributed by atoms with Crippen molar-refractivity contribution >= 4 is 6.08 Å². The zero-order chi connectivity index (χ0) is 17.3. The Morgan fingerprint density at radius 1 is 0.818 bits per heavy atom. The van der Waals surface area contributed by atoms with E-state index in [1.807, 2.05) is 0 Å². The third-order valence-electron chi connectivity index (χ3n) is 3.12. The molecule has 0 N–H and O–H groups in total. The van der Waals surface area contributed by atoms with Gasteiger partial charge in [0.2, 0.25) is 0 Å². The molecule has 0 aliphatic rings. The molecular formula is C16H18F6. The molecule has 0 aliphatic carbocycles. The van der Waals surface area contributed by atoms with Crippen LogP contribution in [0.3, 0.4) is 0 Å². The lowest BCUT2D eigenvalue weighted by atomic mass is 9.89. The van der Waals surface area contributed by atoms with E-state index in [0.29, 0.717) is 0 Å². The van der Waals surface area contributed by atoms with Crippen molar-refractivity contribution in [3.8, 4) is 0 Å². The topological polar surface area (TPSA) is 0 Å². The molecule has 0 atom stereocenters. The van der Waals surface area contributed by atoms with E-state index in [1.54, 1.807) is 13.8 Å². The van der Waals surface area contributed by atoms with Crippen LogP contribution in [0.4, 0.5) is 26.3 Å². The van der Waals surface area contributed by atoms with E-state index in [9.17, 15) is 26.3 Å². The normalized spacial score (nSPS) is 13.6. The molecule has 0 fully saturated rings. The molecule has 0 aliphatic heterocycles. The van der Waals surface area contributed by atoms with E-state index in [2.05, 4.69) is 0 Å². The largest absolute Gasteiger partial charge is 0.417 e. The standard InChI is InChI=1S/C16H18F6/c1-9(2)5-6-11-7-8-12(10(3)4)14(16(20,21)22)13(11)15(17,18)19/h5-10H,1-4H3/b6-5+. The summed E-state index contributed by atoms with van der Waals surface area (Å²) in [5.41, 5.74) is -4.00. The molecule has 1 aromatic carbocycles. The van der Waals surface area contributed by atoms with Crippen LogP contribution in [0.2, 0.25) is 0 Å². The van der Waals surface area contributed by atoms with Crippen LogP contribution in [0.25, 0.3) is 6.08 Å². The lowest BCUT2D eigenvalue weighted by Gasteiger charge is -2.23. The fourth-order valence-electron chi connectivity index (χ4n) is 2.16. The third kappa shape index (κ3) is 4.27. The Kier molecular flexibility index (Phi) is 5.36. The highest BCUT2D eigenvalue weighted by Crippen LogP contribution is 2.45. The first-order valence-corrected chi connectivity index (χ1v) is 6.85. The summed E-state index contributed by atoms with van der Waals surface area (Å²) >= 11 is 0. The average molecular weight is 324 g/mol. The minimum atomic E-state index is -5.08. The number of hydrogen-bond acceptors (Lipinski definition) is 0.